The van der Waals surface area contributed by atoms with E-state index in [1.54, 1.807) is 11.8 Å². The molecule has 138 valence electrons. The summed E-state index contributed by atoms with van der Waals surface area (Å²) < 4.78 is 4.98. The average Bonchev–Trinajstić information content (AvgIpc) is 3.07. The van der Waals surface area contributed by atoms with Crippen molar-refractivity contribution in [2.24, 2.45) is 5.92 Å². The van der Waals surface area contributed by atoms with Crippen molar-refractivity contribution in [2.75, 3.05) is 18.4 Å². The van der Waals surface area contributed by atoms with Gasteiger partial charge in [0.25, 0.3) is 0 Å². The van der Waals surface area contributed by atoms with E-state index in [2.05, 4.69) is 20.8 Å². The van der Waals surface area contributed by atoms with Crippen LogP contribution in [0.2, 0.25) is 0 Å². The lowest BCUT2D eigenvalue weighted by atomic mass is 9.96. The highest BCUT2D eigenvalue weighted by atomic mass is 16.5. The van der Waals surface area contributed by atoms with E-state index in [0.717, 1.165) is 11.3 Å². The Hall–Kier alpha value is -2.90. The summed E-state index contributed by atoms with van der Waals surface area (Å²) in [6.07, 6.45) is 1.27. The Labute approximate surface area is 151 Å². The minimum absolute atomic E-state index is 0.0422. The van der Waals surface area contributed by atoms with Gasteiger partial charge in [-0.1, -0.05) is 22.9 Å². The van der Waals surface area contributed by atoms with Crippen molar-refractivity contribution in [3.63, 3.8) is 0 Å². The topological polar surface area (TPSA) is 100 Å². The lowest BCUT2D eigenvalue weighted by molar-refractivity contribution is -0.126. The van der Waals surface area contributed by atoms with Crippen LogP contribution in [0.1, 0.15) is 30.1 Å². The fourth-order valence-electron chi connectivity index (χ4n) is 2.90. The van der Waals surface area contributed by atoms with Crippen molar-refractivity contribution < 1.29 is 14.1 Å². The maximum absolute atomic E-state index is 12.3. The number of aryl methyl sites for hydroxylation is 2. The molecule has 3 amide bonds. The number of anilines is 1. The van der Waals surface area contributed by atoms with E-state index in [1.807, 2.05) is 31.2 Å². The Morgan fingerprint density at radius 2 is 1.88 bits per heavy atom. The van der Waals surface area contributed by atoms with Gasteiger partial charge in [0.1, 0.15) is 0 Å². The normalized spacial score (nSPS) is 14.9. The number of hydrogen-bond donors (Lipinski definition) is 2. The average molecular weight is 357 g/mol. The molecular formula is C18H23N5O3. The van der Waals surface area contributed by atoms with Gasteiger partial charge in [-0.25, -0.2) is 4.79 Å². The zero-order chi connectivity index (χ0) is 18.5. The van der Waals surface area contributed by atoms with Crippen LogP contribution in [0.3, 0.4) is 0 Å². The maximum atomic E-state index is 12.3. The molecule has 0 spiro atoms. The fourth-order valence-corrected chi connectivity index (χ4v) is 2.90. The van der Waals surface area contributed by atoms with Gasteiger partial charge in [-0.15, -0.1) is 0 Å². The molecule has 1 saturated heterocycles. The minimum atomic E-state index is -0.131. The van der Waals surface area contributed by atoms with Crippen molar-refractivity contribution in [1.82, 2.24) is 20.4 Å². The van der Waals surface area contributed by atoms with E-state index in [1.165, 1.54) is 0 Å². The Balaban J connectivity index is 1.43. The number of hydrogen-bond acceptors (Lipinski definition) is 5. The molecule has 8 heteroatoms. The first-order chi connectivity index (χ1) is 12.5. The summed E-state index contributed by atoms with van der Waals surface area (Å²) in [7, 11) is 0. The summed E-state index contributed by atoms with van der Waals surface area (Å²) in [6, 6.07) is 7.54. The first-order valence-electron chi connectivity index (χ1n) is 8.71. The number of carbonyl (C=O) groups is 2. The smallest absolute Gasteiger partial charge is 0.321 e. The standard InChI is InChI=1S/C18H23N5O3/c1-12-3-5-15(6-4-12)21-18(25)23-9-7-14(8-10-23)17(24)19-11-16-20-13(2)22-26-16/h3-6,14H,7-11H2,1-2H3,(H,19,24)(H,21,25). The first-order valence-corrected chi connectivity index (χ1v) is 8.71. The van der Waals surface area contributed by atoms with Crippen LogP contribution in [-0.4, -0.2) is 40.1 Å². The summed E-state index contributed by atoms with van der Waals surface area (Å²) in [5, 5.41) is 9.39. The third-order valence-electron chi connectivity index (χ3n) is 4.44. The van der Waals surface area contributed by atoms with Crippen LogP contribution < -0.4 is 10.6 Å². The zero-order valence-electron chi connectivity index (χ0n) is 15.0. The molecule has 0 aliphatic carbocycles. The van der Waals surface area contributed by atoms with Gasteiger partial charge in [0, 0.05) is 24.7 Å². The number of likely N-dealkylation sites (tertiary alicyclic amines) is 1. The molecule has 26 heavy (non-hydrogen) atoms. The molecule has 0 bridgehead atoms. The molecule has 1 fully saturated rings. The van der Waals surface area contributed by atoms with Gasteiger partial charge in [-0.3, -0.25) is 4.79 Å². The minimum Gasteiger partial charge on any atom is -0.347 e. The third kappa shape index (κ3) is 4.59. The second kappa shape index (κ2) is 7.99. The predicted octanol–water partition coefficient (Wildman–Crippen LogP) is 2.25. The Kier molecular flexibility index (Phi) is 5.50. The second-order valence-corrected chi connectivity index (χ2v) is 6.51. The van der Waals surface area contributed by atoms with E-state index in [9.17, 15) is 9.59 Å². The van der Waals surface area contributed by atoms with Crippen LogP contribution in [0.15, 0.2) is 28.8 Å². The summed E-state index contributed by atoms with van der Waals surface area (Å²) in [5.41, 5.74) is 1.92. The third-order valence-corrected chi connectivity index (χ3v) is 4.44. The van der Waals surface area contributed by atoms with E-state index in [4.69, 9.17) is 4.52 Å². The summed E-state index contributed by atoms with van der Waals surface area (Å²) in [4.78, 5) is 30.4. The number of nitrogens with one attached hydrogen (secondary N) is 2. The number of rotatable bonds is 4. The summed E-state index contributed by atoms with van der Waals surface area (Å²) >= 11 is 0. The van der Waals surface area contributed by atoms with Crippen LogP contribution in [0, 0.1) is 19.8 Å². The number of aromatic nitrogens is 2. The van der Waals surface area contributed by atoms with Crippen LogP contribution in [-0.2, 0) is 11.3 Å². The SMILES string of the molecule is Cc1ccc(NC(=O)N2CCC(C(=O)NCc3nc(C)no3)CC2)cc1. The number of piperidine rings is 1. The van der Waals surface area contributed by atoms with E-state index < -0.39 is 0 Å². The molecule has 2 aromatic rings. The van der Waals surface area contributed by atoms with Gasteiger partial charge in [0.15, 0.2) is 5.82 Å². The molecule has 8 nitrogen and oxygen atoms in total. The molecule has 3 rings (SSSR count). The lowest BCUT2D eigenvalue weighted by Gasteiger charge is -2.31. The molecule has 0 unspecified atom stereocenters. The van der Waals surface area contributed by atoms with Crippen LogP contribution in [0.4, 0.5) is 10.5 Å². The van der Waals surface area contributed by atoms with Crippen molar-refractivity contribution in [1.29, 1.82) is 0 Å². The lowest BCUT2D eigenvalue weighted by Crippen LogP contribution is -2.44. The molecule has 2 heterocycles. The highest BCUT2D eigenvalue weighted by molar-refractivity contribution is 5.89. The number of urea groups is 1. The number of carbonyl (C=O) groups excluding carboxylic acids is 2. The highest BCUT2D eigenvalue weighted by Gasteiger charge is 2.27. The summed E-state index contributed by atoms with van der Waals surface area (Å²) in [5.74, 6) is 0.787. The van der Waals surface area contributed by atoms with Gasteiger partial charge in [0.2, 0.25) is 11.8 Å². The number of nitrogens with zero attached hydrogens (tertiary/aromatic N) is 3. The molecule has 0 radical (unpaired) electrons. The second-order valence-electron chi connectivity index (χ2n) is 6.51. The van der Waals surface area contributed by atoms with Gasteiger partial charge in [0.05, 0.1) is 6.54 Å². The quantitative estimate of drug-likeness (QED) is 0.874. The van der Waals surface area contributed by atoms with E-state index in [0.29, 0.717) is 37.6 Å². The molecule has 1 aromatic carbocycles. The van der Waals surface area contributed by atoms with Crippen LogP contribution in [0.25, 0.3) is 0 Å². The number of amides is 3. The summed E-state index contributed by atoms with van der Waals surface area (Å²) in [6.45, 7) is 5.06. The van der Waals surface area contributed by atoms with Gasteiger partial charge in [-0.2, -0.15) is 4.98 Å². The van der Waals surface area contributed by atoms with Gasteiger partial charge < -0.3 is 20.1 Å². The van der Waals surface area contributed by atoms with Crippen molar-refractivity contribution in [3.8, 4) is 0 Å². The molecule has 0 saturated carbocycles. The molecule has 1 aliphatic rings. The fraction of sp³-hybridized carbons (Fsp3) is 0.444. The van der Waals surface area contributed by atoms with Crippen molar-refractivity contribution in [2.45, 2.75) is 33.2 Å². The monoisotopic (exact) mass is 357 g/mol. The highest BCUT2D eigenvalue weighted by Crippen LogP contribution is 2.19. The number of benzene rings is 1. The zero-order valence-corrected chi connectivity index (χ0v) is 15.0. The Bertz CT molecular complexity index is 763. The van der Waals surface area contributed by atoms with Crippen LogP contribution >= 0.6 is 0 Å². The molecule has 0 atom stereocenters. The largest absolute Gasteiger partial charge is 0.347 e. The van der Waals surface area contributed by atoms with Crippen molar-refractivity contribution >= 4 is 17.6 Å². The predicted molar refractivity (Wildman–Crippen MR) is 95.4 cm³/mol. The molecule has 2 N–H and O–H groups in total. The Morgan fingerprint density at radius 3 is 2.50 bits per heavy atom. The van der Waals surface area contributed by atoms with Gasteiger partial charge >= 0.3 is 6.03 Å². The first kappa shape index (κ1) is 17.9. The van der Waals surface area contributed by atoms with E-state index in [-0.39, 0.29) is 24.4 Å². The van der Waals surface area contributed by atoms with Crippen molar-refractivity contribution in [3.05, 3.63) is 41.5 Å². The van der Waals surface area contributed by atoms with E-state index >= 15 is 0 Å². The van der Waals surface area contributed by atoms with Gasteiger partial charge in [-0.05, 0) is 38.8 Å². The van der Waals surface area contributed by atoms with Crippen LogP contribution in [0.5, 0.6) is 0 Å². The maximum Gasteiger partial charge on any atom is 0.321 e. The Morgan fingerprint density at radius 1 is 1.19 bits per heavy atom. The molecule has 1 aliphatic heterocycles. The molecular weight excluding hydrogens is 334 g/mol. The molecule has 1 aromatic heterocycles.